The van der Waals surface area contributed by atoms with Crippen molar-refractivity contribution in [1.82, 2.24) is 0 Å². The first-order valence-electron chi connectivity index (χ1n) is 8.51. The van der Waals surface area contributed by atoms with Crippen LogP contribution in [0.4, 0.5) is 0 Å². The predicted molar refractivity (Wildman–Crippen MR) is 86.3 cm³/mol. The maximum atomic E-state index is 12.0. The van der Waals surface area contributed by atoms with Gasteiger partial charge in [-0.05, 0) is 19.4 Å². The maximum Gasteiger partial charge on any atom is 0.333 e. The van der Waals surface area contributed by atoms with Crippen LogP contribution < -0.4 is 0 Å². The lowest BCUT2D eigenvalue weighted by Gasteiger charge is -2.51. The molecule has 0 bridgehead atoms. The fourth-order valence-electron chi connectivity index (χ4n) is 4.88. The van der Waals surface area contributed by atoms with E-state index in [0.29, 0.717) is 18.4 Å². The van der Waals surface area contributed by atoms with Crippen molar-refractivity contribution in [3.05, 3.63) is 35.3 Å². The summed E-state index contributed by atoms with van der Waals surface area (Å²) in [5.74, 6) is 0.399. The minimum atomic E-state index is -0.702. The number of ether oxygens (including phenoxy) is 2. The monoisotopic (exact) mass is 332 g/mol. The summed E-state index contributed by atoms with van der Waals surface area (Å²) in [5, 5.41) is 11.2. The molecule has 0 aromatic carbocycles. The highest BCUT2D eigenvalue weighted by Gasteiger charge is 2.77. The van der Waals surface area contributed by atoms with E-state index < -0.39 is 17.1 Å². The first kappa shape index (κ1) is 15.9. The van der Waals surface area contributed by atoms with E-state index in [1.54, 1.807) is 13.2 Å². The molecule has 5 nitrogen and oxygen atoms in total. The second-order valence-electron chi connectivity index (χ2n) is 7.86. The quantitative estimate of drug-likeness (QED) is 0.512. The van der Waals surface area contributed by atoms with Gasteiger partial charge in [0.1, 0.15) is 17.5 Å². The van der Waals surface area contributed by atoms with E-state index in [1.165, 1.54) is 0 Å². The van der Waals surface area contributed by atoms with Gasteiger partial charge >= 0.3 is 5.97 Å². The Hall–Kier alpha value is -1.59. The van der Waals surface area contributed by atoms with Crippen LogP contribution in [-0.4, -0.2) is 28.9 Å². The lowest BCUT2D eigenvalue weighted by molar-refractivity contribution is -0.162. The summed E-state index contributed by atoms with van der Waals surface area (Å²) >= 11 is 0. The van der Waals surface area contributed by atoms with Crippen molar-refractivity contribution in [1.29, 1.82) is 0 Å². The molecule has 5 heteroatoms. The molecule has 2 aliphatic carbocycles. The molecule has 1 saturated heterocycles. The average Bonchev–Trinajstić information content (AvgIpc) is 3.10. The number of rotatable bonds is 2. The van der Waals surface area contributed by atoms with Gasteiger partial charge in [0, 0.05) is 35.3 Å². The van der Waals surface area contributed by atoms with Crippen LogP contribution in [0.1, 0.15) is 50.2 Å². The van der Waals surface area contributed by atoms with E-state index in [4.69, 9.17) is 13.9 Å². The zero-order chi connectivity index (χ0) is 17.4. The molecule has 4 rings (SSSR count). The fraction of sp³-hybridized carbons (Fsp3) is 0.632. The molecule has 2 heterocycles. The Balaban J connectivity index is 1.73. The summed E-state index contributed by atoms with van der Waals surface area (Å²) < 4.78 is 17.5. The first-order valence-corrected chi connectivity index (χ1v) is 8.51. The minimum absolute atomic E-state index is 0.0187. The number of aliphatic hydroxyl groups is 1. The minimum Gasteiger partial charge on any atom is -0.469 e. The number of hydrogen-bond acceptors (Lipinski definition) is 5. The highest BCUT2D eigenvalue weighted by molar-refractivity contribution is 5.87. The van der Waals surface area contributed by atoms with Crippen LogP contribution in [0.15, 0.2) is 22.8 Å². The third-order valence-electron chi connectivity index (χ3n) is 6.65. The lowest BCUT2D eigenvalue weighted by atomic mass is 9.53. The number of hydrogen-bond donors (Lipinski definition) is 1. The summed E-state index contributed by atoms with van der Waals surface area (Å²) in [7, 11) is 0. The molecular weight excluding hydrogens is 308 g/mol. The summed E-state index contributed by atoms with van der Waals surface area (Å²) in [6.07, 6.45) is 2.01. The van der Waals surface area contributed by atoms with E-state index >= 15 is 0 Å². The topological polar surface area (TPSA) is 72.2 Å². The SMILES string of the molecule is C=C(C)C(=O)O[C@H]1C[C@H]2O[C@]23Cc2occ(C)c2[C@@H](O)[C@]3(C)[C@H]1C. The molecule has 1 saturated carbocycles. The number of furan rings is 1. The van der Waals surface area contributed by atoms with Crippen LogP contribution in [0, 0.1) is 18.3 Å². The number of aryl methyl sites for hydroxylation is 1. The van der Waals surface area contributed by atoms with E-state index in [2.05, 4.69) is 13.5 Å². The molecule has 3 aliphatic rings. The van der Waals surface area contributed by atoms with Crippen molar-refractivity contribution in [2.45, 2.75) is 64.4 Å². The van der Waals surface area contributed by atoms with Crippen molar-refractivity contribution in [2.75, 3.05) is 0 Å². The zero-order valence-corrected chi connectivity index (χ0v) is 14.6. The Bertz CT molecular complexity index is 734. The Morgan fingerprint density at radius 2 is 2.21 bits per heavy atom. The van der Waals surface area contributed by atoms with Gasteiger partial charge in [0.15, 0.2) is 0 Å². The van der Waals surface area contributed by atoms with Crippen LogP contribution in [0.3, 0.4) is 0 Å². The third-order valence-corrected chi connectivity index (χ3v) is 6.65. The Morgan fingerprint density at radius 1 is 1.50 bits per heavy atom. The van der Waals surface area contributed by atoms with E-state index in [0.717, 1.165) is 16.9 Å². The predicted octanol–water partition coefficient (Wildman–Crippen LogP) is 2.85. The Labute approximate surface area is 141 Å². The summed E-state index contributed by atoms with van der Waals surface area (Å²) in [5.41, 5.74) is 1.26. The zero-order valence-electron chi connectivity index (χ0n) is 14.6. The largest absolute Gasteiger partial charge is 0.469 e. The Morgan fingerprint density at radius 3 is 2.88 bits per heavy atom. The van der Waals surface area contributed by atoms with Crippen LogP contribution in [-0.2, 0) is 20.7 Å². The van der Waals surface area contributed by atoms with Crippen molar-refractivity contribution in [2.24, 2.45) is 11.3 Å². The molecule has 24 heavy (non-hydrogen) atoms. The van der Waals surface area contributed by atoms with E-state index in [1.807, 2.05) is 13.8 Å². The van der Waals surface area contributed by atoms with Gasteiger partial charge in [-0.15, -0.1) is 0 Å². The second kappa shape index (κ2) is 4.73. The van der Waals surface area contributed by atoms with Crippen LogP contribution in [0.2, 0.25) is 0 Å². The normalized spacial score (nSPS) is 42.5. The van der Waals surface area contributed by atoms with Gasteiger partial charge in [0.25, 0.3) is 0 Å². The van der Waals surface area contributed by atoms with E-state index in [-0.39, 0.29) is 24.1 Å². The molecule has 1 aromatic heterocycles. The van der Waals surface area contributed by atoms with Gasteiger partial charge < -0.3 is 19.0 Å². The van der Waals surface area contributed by atoms with E-state index in [9.17, 15) is 9.90 Å². The van der Waals surface area contributed by atoms with Crippen molar-refractivity contribution < 1.29 is 23.8 Å². The number of esters is 1. The van der Waals surface area contributed by atoms with Crippen molar-refractivity contribution in [3.63, 3.8) is 0 Å². The molecule has 0 radical (unpaired) electrons. The van der Waals surface area contributed by atoms with Crippen LogP contribution in [0.5, 0.6) is 0 Å². The van der Waals surface area contributed by atoms with Crippen molar-refractivity contribution >= 4 is 5.97 Å². The number of fused-ring (bicyclic) bond motifs is 1. The van der Waals surface area contributed by atoms with Crippen LogP contribution >= 0.6 is 0 Å². The van der Waals surface area contributed by atoms with Gasteiger partial charge in [0.05, 0.1) is 18.5 Å². The smallest absolute Gasteiger partial charge is 0.333 e. The third kappa shape index (κ3) is 1.74. The summed E-state index contributed by atoms with van der Waals surface area (Å²) in [4.78, 5) is 12.0. The maximum absolute atomic E-state index is 12.0. The molecule has 1 aromatic rings. The fourth-order valence-corrected chi connectivity index (χ4v) is 4.88. The van der Waals surface area contributed by atoms with Crippen LogP contribution in [0.25, 0.3) is 0 Å². The Kier molecular flexibility index (Phi) is 3.14. The molecule has 1 spiro atoms. The molecule has 1 aliphatic heterocycles. The van der Waals surface area contributed by atoms with Gasteiger partial charge in [-0.25, -0.2) is 4.79 Å². The molecule has 6 atom stereocenters. The molecule has 2 fully saturated rings. The summed E-state index contributed by atoms with van der Waals surface area (Å²) in [6.45, 7) is 11.3. The highest BCUT2D eigenvalue weighted by Crippen LogP contribution is 2.69. The van der Waals surface area contributed by atoms with Gasteiger partial charge in [0.2, 0.25) is 0 Å². The summed E-state index contributed by atoms with van der Waals surface area (Å²) in [6, 6.07) is 0. The second-order valence-corrected chi connectivity index (χ2v) is 7.86. The molecular formula is C19H24O5. The number of carbonyl (C=O) groups is 1. The average molecular weight is 332 g/mol. The molecule has 0 unspecified atom stereocenters. The lowest BCUT2D eigenvalue weighted by Crippen LogP contribution is -2.58. The van der Waals surface area contributed by atoms with Crippen molar-refractivity contribution in [3.8, 4) is 0 Å². The standard InChI is InChI=1S/C19H24O5/c1-9(2)17(21)23-12-6-14-19(24-14)7-13-15(10(3)8-22-13)16(20)18(19,5)11(12)4/h8,11-12,14,16,20H,1,6-7H2,2-5H3/t11-,12-,14+,16+,18-,19+/m0/s1. The number of epoxide rings is 1. The molecule has 1 N–H and O–H groups in total. The van der Waals surface area contributed by atoms with Gasteiger partial charge in [-0.1, -0.05) is 20.4 Å². The molecule has 130 valence electrons. The number of aliphatic hydroxyl groups excluding tert-OH is 1. The van der Waals surface area contributed by atoms with Gasteiger partial charge in [-0.3, -0.25) is 0 Å². The first-order chi connectivity index (χ1) is 11.2. The molecule has 0 amide bonds. The van der Waals surface area contributed by atoms with Gasteiger partial charge in [-0.2, -0.15) is 0 Å². The number of carbonyl (C=O) groups excluding carboxylic acids is 1. The highest BCUT2D eigenvalue weighted by atomic mass is 16.6.